The van der Waals surface area contributed by atoms with Crippen LogP contribution in [0.4, 0.5) is 26.3 Å². The highest BCUT2D eigenvalue weighted by Crippen LogP contribution is 2.48. The SMILES string of the molecule is COc1cccc(C(OCC(CO)(CCCNC(=O)C(F)(F)F)CCCNC(=O)C(F)(F)F)(c2ccccc2)c2ccccc2)c1OC. The van der Waals surface area contributed by atoms with Crippen molar-refractivity contribution in [1.82, 2.24) is 10.6 Å². The van der Waals surface area contributed by atoms with E-state index in [0.717, 1.165) is 0 Å². The van der Waals surface area contributed by atoms with E-state index < -0.39 is 54.9 Å². The number of ether oxygens (including phenoxy) is 3. The summed E-state index contributed by atoms with van der Waals surface area (Å²) in [5.74, 6) is -3.52. The number of aliphatic hydroxyl groups is 1. The molecule has 0 spiro atoms. The Labute approximate surface area is 274 Å². The maximum atomic E-state index is 12.8. The molecule has 0 fully saturated rings. The van der Waals surface area contributed by atoms with Crippen molar-refractivity contribution in [3.05, 3.63) is 95.6 Å². The fourth-order valence-electron chi connectivity index (χ4n) is 5.50. The van der Waals surface area contributed by atoms with E-state index in [1.807, 2.05) is 36.4 Å². The number of aliphatic hydroxyl groups excluding tert-OH is 1. The quantitative estimate of drug-likeness (QED) is 0.0929. The molecule has 14 heteroatoms. The summed E-state index contributed by atoms with van der Waals surface area (Å²) in [5, 5.41) is 14.4. The van der Waals surface area contributed by atoms with Gasteiger partial charge >= 0.3 is 24.2 Å². The number of nitrogens with one attached hydrogen (secondary N) is 2. The molecule has 8 nitrogen and oxygen atoms in total. The lowest BCUT2D eigenvalue weighted by molar-refractivity contribution is -0.173. The first-order valence-corrected chi connectivity index (χ1v) is 15.0. The smallest absolute Gasteiger partial charge is 0.471 e. The molecule has 0 saturated carbocycles. The van der Waals surface area contributed by atoms with Gasteiger partial charge in [-0.05, 0) is 42.9 Å². The average Bonchev–Trinajstić information content (AvgIpc) is 3.08. The van der Waals surface area contributed by atoms with E-state index in [2.05, 4.69) is 0 Å². The Hall–Kier alpha value is -4.30. The molecule has 0 aliphatic rings. The van der Waals surface area contributed by atoms with Crippen molar-refractivity contribution in [1.29, 1.82) is 0 Å². The van der Waals surface area contributed by atoms with Gasteiger partial charge in [-0.2, -0.15) is 26.3 Å². The van der Waals surface area contributed by atoms with Crippen LogP contribution in [0.2, 0.25) is 0 Å². The topological polar surface area (TPSA) is 106 Å². The van der Waals surface area contributed by atoms with Crippen LogP contribution in [0.25, 0.3) is 0 Å². The van der Waals surface area contributed by atoms with E-state index >= 15 is 0 Å². The predicted molar refractivity (Wildman–Crippen MR) is 164 cm³/mol. The molecule has 48 heavy (non-hydrogen) atoms. The number of carbonyl (C=O) groups excluding carboxylic acids is 2. The molecule has 3 N–H and O–H groups in total. The van der Waals surface area contributed by atoms with Gasteiger partial charge in [-0.15, -0.1) is 0 Å². The molecule has 262 valence electrons. The summed E-state index contributed by atoms with van der Waals surface area (Å²) in [6.07, 6.45) is -10.2. The van der Waals surface area contributed by atoms with Crippen molar-refractivity contribution in [2.45, 2.75) is 43.6 Å². The summed E-state index contributed by atoms with van der Waals surface area (Å²) < 4.78 is 95.0. The lowest BCUT2D eigenvalue weighted by Gasteiger charge is -2.41. The van der Waals surface area contributed by atoms with Crippen LogP contribution in [0, 0.1) is 5.41 Å². The van der Waals surface area contributed by atoms with Gasteiger partial charge in [0.1, 0.15) is 5.60 Å². The standard InChI is InChI=1S/C34H38F6N2O6/c1-46-27-17-9-16-26(28(27)47-2)32(24-12-5-3-6-13-24,25-14-7-4-8-15-25)48-23-31(22-43,18-10-20-41-29(44)33(35,36)37)19-11-21-42-30(45)34(38,39)40/h3-9,12-17,43H,10-11,18-23H2,1-2H3,(H,41,44)(H,42,45). The lowest BCUT2D eigenvalue weighted by Crippen LogP contribution is -2.42. The number of methoxy groups -OCH3 is 2. The van der Waals surface area contributed by atoms with Crippen molar-refractivity contribution in [3.8, 4) is 11.5 Å². The van der Waals surface area contributed by atoms with Crippen molar-refractivity contribution in [3.63, 3.8) is 0 Å². The highest BCUT2D eigenvalue weighted by molar-refractivity contribution is 5.82. The van der Waals surface area contributed by atoms with Crippen molar-refractivity contribution in [2.24, 2.45) is 5.41 Å². The summed E-state index contributed by atoms with van der Waals surface area (Å²) in [6.45, 7) is -1.62. The summed E-state index contributed by atoms with van der Waals surface area (Å²) in [5.41, 5.74) is -0.873. The molecule has 0 atom stereocenters. The van der Waals surface area contributed by atoms with Crippen LogP contribution in [0.5, 0.6) is 11.5 Å². The first-order chi connectivity index (χ1) is 22.7. The second-order valence-electron chi connectivity index (χ2n) is 11.1. The molecule has 0 heterocycles. The van der Waals surface area contributed by atoms with Gasteiger partial charge in [0.25, 0.3) is 0 Å². The fourth-order valence-corrected chi connectivity index (χ4v) is 5.50. The third-order valence-corrected chi connectivity index (χ3v) is 7.93. The van der Waals surface area contributed by atoms with E-state index in [1.165, 1.54) is 14.2 Å². The third kappa shape index (κ3) is 9.41. The maximum absolute atomic E-state index is 12.8. The van der Waals surface area contributed by atoms with E-state index in [0.29, 0.717) is 28.2 Å². The molecule has 0 aliphatic carbocycles. The molecule has 0 saturated heterocycles. The van der Waals surface area contributed by atoms with Crippen LogP contribution >= 0.6 is 0 Å². The van der Waals surface area contributed by atoms with Crippen LogP contribution in [0.1, 0.15) is 42.4 Å². The Morgan fingerprint density at radius 2 is 1.17 bits per heavy atom. The summed E-state index contributed by atoms with van der Waals surface area (Å²) in [6, 6.07) is 23.3. The number of hydrogen-bond acceptors (Lipinski definition) is 6. The maximum Gasteiger partial charge on any atom is 0.471 e. The Morgan fingerprint density at radius 1 is 0.688 bits per heavy atom. The number of amides is 2. The molecular formula is C34H38F6N2O6. The zero-order valence-electron chi connectivity index (χ0n) is 26.4. The van der Waals surface area contributed by atoms with Gasteiger partial charge in [0.05, 0.1) is 27.4 Å². The largest absolute Gasteiger partial charge is 0.493 e. The first kappa shape index (κ1) is 38.2. The predicted octanol–water partition coefficient (Wildman–Crippen LogP) is 5.91. The number of hydrogen-bond donors (Lipinski definition) is 3. The number of rotatable bonds is 17. The van der Waals surface area contributed by atoms with Gasteiger partial charge in [-0.1, -0.05) is 72.8 Å². The second kappa shape index (κ2) is 16.7. The first-order valence-electron chi connectivity index (χ1n) is 15.0. The normalized spacial score (nSPS) is 12.4. The molecule has 0 bridgehead atoms. The molecule has 0 aromatic heterocycles. The molecule has 3 aromatic carbocycles. The molecular weight excluding hydrogens is 646 g/mol. The Balaban J connectivity index is 2.08. The zero-order chi connectivity index (χ0) is 35.4. The minimum absolute atomic E-state index is 0.00373. The van der Waals surface area contributed by atoms with E-state index in [9.17, 15) is 41.0 Å². The highest BCUT2D eigenvalue weighted by atomic mass is 19.4. The number of para-hydroxylation sites is 1. The lowest BCUT2D eigenvalue weighted by atomic mass is 9.77. The Kier molecular flexibility index (Phi) is 13.3. The number of carbonyl (C=O) groups is 2. The third-order valence-electron chi connectivity index (χ3n) is 7.93. The molecule has 0 unspecified atom stereocenters. The Morgan fingerprint density at radius 3 is 1.56 bits per heavy atom. The molecule has 0 aliphatic heterocycles. The van der Waals surface area contributed by atoms with Gasteiger partial charge in [0, 0.05) is 24.1 Å². The molecule has 3 rings (SSSR count). The summed E-state index contributed by atoms with van der Waals surface area (Å²) in [4.78, 5) is 22.8. The molecule has 3 aromatic rings. The minimum Gasteiger partial charge on any atom is -0.493 e. The van der Waals surface area contributed by atoms with Gasteiger partial charge in [0.2, 0.25) is 0 Å². The molecule has 0 radical (unpaired) electrons. The minimum atomic E-state index is -5.09. The van der Waals surface area contributed by atoms with Gasteiger partial charge in [-0.3, -0.25) is 9.59 Å². The highest BCUT2D eigenvalue weighted by Gasteiger charge is 2.44. The summed E-state index contributed by atoms with van der Waals surface area (Å²) in [7, 11) is 2.94. The van der Waals surface area contributed by atoms with Gasteiger partial charge in [0.15, 0.2) is 11.5 Å². The number of halogens is 6. The number of alkyl halides is 6. The van der Waals surface area contributed by atoms with E-state index in [1.54, 1.807) is 53.1 Å². The molecule has 2 amide bonds. The van der Waals surface area contributed by atoms with Gasteiger partial charge < -0.3 is 30.0 Å². The van der Waals surface area contributed by atoms with Gasteiger partial charge in [-0.25, -0.2) is 0 Å². The van der Waals surface area contributed by atoms with Crippen LogP contribution in [0.15, 0.2) is 78.9 Å². The monoisotopic (exact) mass is 684 g/mol. The fraction of sp³-hybridized carbons (Fsp3) is 0.412. The van der Waals surface area contributed by atoms with E-state index in [-0.39, 0.29) is 32.3 Å². The summed E-state index contributed by atoms with van der Waals surface area (Å²) >= 11 is 0. The average molecular weight is 685 g/mol. The van der Waals surface area contributed by atoms with Crippen molar-refractivity contribution in [2.75, 3.05) is 40.5 Å². The van der Waals surface area contributed by atoms with Crippen molar-refractivity contribution >= 4 is 11.8 Å². The van der Waals surface area contributed by atoms with Crippen molar-refractivity contribution < 1.29 is 55.2 Å². The van der Waals surface area contributed by atoms with Crippen LogP contribution < -0.4 is 20.1 Å². The zero-order valence-corrected chi connectivity index (χ0v) is 26.4. The van der Waals surface area contributed by atoms with Crippen LogP contribution in [-0.2, 0) is 19.9 Å². The van der Waals surface area contributed by atoms with Crippen LogP contribution in [-0.4, -0.2) is 69.8 Å². The number of benzene rings is 3. The second-order valence-corrected chi connectivity index (χ2v) is 11.1. The van der Waals surface area contributed by atoms with E-state index in [4.69, 9.17) is 14.2 Å². The Bertz CT molecular complexity index is 1390. The van der Waals surface area contributed by atoms with Crippen LogP contribution in [0.3, 0.4) is 0 Å².